The molecule has 1 aromatic rings. The number of ether oxygens (including phenoxy) is 2. The zero-order chi connectivity index (χ0) is 12.8. The number of hydrogen-bond donors (Lipinski definition) is 1. The van der Waals surface area contributed by atoms with E-state index < -0.39 is 0 Å². The van der Waals surface area contributed by atoms with Gasteiger partial charge in [-0.2, -0.15) is 0 Å². The highest BCUT2D eigenvalue weighted by Gasteiger charge is 2.25. The largest absolute Gasteiger partial charge is 0.489 e. The second-order valence-corrected chi connectivity index (χ2v) is 4.53. The first kappa shape index (κ1) is 13.3. The van der Waals surface area contributed by atoms with Crippen LogP contribution in [0.3, 0.4) is 0 Å². The zero-order valence-corrected chi connectivity index (χ0v) is 10.7. The van der Waals surface area contributed by atoms with E-state index in [2.05, 4.69) is 12.2 Å². The van der Waals surface area contributed by atoms with Gasteiger partial charge in [-0.15, -0.1) is 0 Å². The summed E-state index contributed by atoms with van der Waals surface area (Å²) in [6.45, 7) is 4.99. The quantitative estimate of drug-likeness (QED) is 0.843. The van der Waals surface area contributed by atoms with Crippen LogP contribution >= 0.6 is 0 Å². The SMILES string of the molecule is CCNC(COc1ccccc1F)C1CCOC1. The molecule has 0 bridgehead atoms. The molecule has 1 N–H and O–H groups in total. The van der Waals surface area contributed by atoms with Crippen LogP contribution in [0, 0.1) is 11.7 Å². The standard InChI is InChI=1S/C14H20FNO2/c1-2-16-13(11-7-8-17-9-11)10-18-14-6-4-3-5-12(14)15/h3-6,11,13,16H,2,7-10H2,1H3. The first-order valence-corrected chi connectivity index (χ1v) is 6.49. The number of likely N-dealkylation sites (N-methyl/N-ethyl adjacent to an activating group) is 1. The second-order valence-electron chi connectivity index (χ2n) is 4.53. The van der Waals surface area contributed by atoms with E-state index >= 15 is 0 Å². The topological polar surface area (TPSA) is 30.5 Å². The Morgan fingerprint density at radius 1 is 1.50 bits per heavy atom. The van der Waals surface area contributed by atoms with Gasteiger partial charge in [0, 0.05) is 18.6 Å². The molecule has 2 atom stereocenters. The van der Waals surface area contributed by atoms with Crippen molar-refractivity contribution in [1.29, 1.82) is 0 Å². The van der Waals surface area contributed by atoms with Gasteiger partial charge < -0.3 is 14.8 Å². The fourth-order valence-corrected chi connectivity index (χ4v) is 2.24. The van der Waals surface area contributed by atoms with E-state index in [0.29, 0.717) is 18.3 Å². The predicted octanol–water partition coefficient (Wildman–Crippen LogP) is 2.22. The average Bonchev–Trinajstić information content (AvgIpc) is 2.90. The van der Waals surface area contributed by atoms with Crippen molar-refractivity contribution >= 4 is 0 Å². The summed E-state index contributed by atoms with van der Waals surface area (Å²) >= 11 is 0. The van der Waals surface area contributed by atoms with Gasteiger partial charge in [0.15, 0.2) is 11.6 Å². The van der Waals surface area contributed by atoms with Crippen molar-refractivity contribution in [3.8, 4) is 5.75 Å². The molecule has 1 heterocycles. The molecule has 0 aromatic heterocycles. The first-order valence-electron chi connectivity index (χ1n) is 6.49. The van der Waals surface area contributed by atoms with E-state index in [1.165, 1.54) is 6.07 Å². The molecule has 18 heavy (non-hydrogen) atoms. The lowest BCUT2D eigenvalue weighted by Crippen LogP contribution is -2.41. The van der Waals surface area contributed by atoms with E-state index in [-0.39, 0.29) is 11.9 Å². The molecule has 1 aliphatic heterocycles. The average molecular weight is 253 g/mol. The molecule has 0 saturated carbocycles. The van der Waals surface area contributed by atoms with Gasteiger partial charge in [0.1, 0.15) is 6.61 Å². The number of rotatable bonds is 6. The first-order chi connectivity index (χ1) is 8.81. The third-order valence-corrected chi connectivity index (χ3v) is 3.26. The summed E-state index contributed by atoms with van der Waals surface area (Å²) in [4.78, 5) is 0. The molecule has 1 aromatic carbocycles. The van der Waals surface area contributed by atoms with Crippen molar-refractivity contribution in [1.82, 2.24) is 5.32 Å². The molecule has 2 unspecified atom stereocenters. The second kappa shape index (κ2) is 6.71. The van der Waals surface area contributed by atoms with Crippen LogP contribution in [-0.2, 0) is 4.74 Å². The molecular formula is C14H20FNO2. The molecule has 4 heteroatoms. The molecule has 2 rings (SSSR count). The van der Waals surface area contributed by atoms with Gasteiger partial charge >= 0.3 is 0 Å². The lowest BCUT2D eigenvalue weighted by Gasteiger charge is -2.23. The Morgan fingerprint density at radius 3 is 3.00 bits per heavy atom. The Kier molecular flexibility index (Phi) is 4.96. The molecule has 3 nitrogen and oxygen atoms in total. The number of para-hydroxylation sites is 1. The Balaban J connectivity index is 1.91. The van der Waals surface area contributed by atoms with Gasteiger partial charge in [-0.05, 0) is 25.1 Å². The van der Waals surface area contributed by atoms with Crippen molar-refractivity contribution in [2.75, 3.05) is 26.4 Å². The zero-order valence-electron chi connectivity index (χ0n) is 10.7. The van der Waals surface area contributed by atoms with Crippen LogP contribution in [0.2, 0.25) is 0 Å². The fourth-order valence-electron chi connectivity index (χ4n) is 2.24. The van der Waals surface area contributed by atoms with Crippen LogP contribution in [0.25, 0.3) is 0 Å². The maximum Gasteiger partial charge on any atom is 0.165 e. The molecule has 100 valence electrons. The van der Waals surface area contributed by atoms with Crippen molar-refractivity contribution in [3.63, 3.8) is 0 Å². The number of hydrogen-bond acceptors (Lipinski definition) is 3. The van der Waals surface area contributed by atoms with Gasteiger partial charge in [-0.1, -0.05) is 19.1 Å². The maximum atomic E-state index is 13.4. The highest BCUT2D eigenvalue weighted by Crippen LogP contribution is 2.20. The molecule has 0 spiro atoms. The summed E-state index contributed by atoms with van der Waals surface area (Å²) in [6, 6.07) is 6.73. The summed E-state index contributed by atoms with van der Waals surface area (Å²) in [5.41, 5.74) is 0. The molecule has 1 fully saturated rings. The number of halogens is 1. The molecule has 0 amide bonds. The highest BCUT2D eigenvalue weighted by molar-refractivity contribution is 5.23. The highest BCUT2D eigenvalue weighted by atomic mass is 19.1. The molecule has 0 radical (unpaired) electrons. The summed E-state index contributed by atoms with van der Waals surface area (Å²) < 4.78 is 24.4. The molecule has 0 aliphatic carbocycles. The number of nitrogens with one attached hydrogen (secondary N) is 1. The Bertz CT molecular complexity index is 367. The van der Waals surface area contributed by atoms with Gasteiger partial charge in [-0.3, -0.25) is 0 Å². The molecular weight excluding hydrogens is 233 g/mol. The van der Waals surface area contributed by atoms with Crippen molar-refractivity contribution in [3.05, 3.63) is 30.1 Å². The number of benzene rings is 1. The van der Waals surface area contributed by atoms with E-state index in [9.17, 15) is 4.39 Å². The Morgan fingerprint density at radius 2 is 2.33 bits per heavy atom. The predicted molar refractivity (Wildman–Crippen MR) is 68.3 cm³/mol. The van der Waals surface area contributed by atoms with E-state index in [1.54, 1.807) is 18.2 Å². The minimum absolute atomic E-state index is 0.220. The monoisotopic (exact) mass is 253 g/mol. The van der Waals surface area contributed by atoms with Gasteiger partial charge in [0.05, 0.1) is 6.61 Å². The van der Waals surface area contributed by atoms with Crippen LogP contribution < -0.4 is 10.1 Å². The summed E-state index contributed by atoms with van der Waals surface area (Å²) in [7, 11) is 0. The van der Waals surface area contributed by atoms with Crippen LogP contribution in [0.4, 0.5) is 4.39 Å². The summed E-state index contributed by atoms with van der Waals surface area (Å²) in [5.74, 6) is 0.464. The minimum Gasteiger partial charge on any atom is -0.489 e. The lowest BCUT2D eigenvalue weighted by atomic mass is 10.00. The summed E-state index contributed by atoms with van der Waals surface area (Å²) in [6.07, 6.45) is 1.04. The smallest absolute Gasteiger partial charge is 0.165 e. The fraction of sp³-hybridized carbons (Fsp3) is 0.571. The van der Waals surface area contributed by atoms with Crippen molar-refractivity contribution in [2.24, 2.45) is 5.92 Å². The van der Waals surface area contributed by atoms with Crippen molar-refractivity contribution < 1.29 is 13.9 Å². The minimum atomic E-state index is -0.310. The van der Waals surface area contributed by atoms with E-state index in [4.69, 9.17) is 9.47 Å². The van der Waals surface area contributed by atoms with Crippen LogP contribution in [-0.4, -0.2) is 32.4 Å². The van der Waals surface area contributed by atoms with Crippen LogP contribution in [0.15, 0.2) is 24.3 Å². The third kappa shape index (κ3) is 3.43. The summed E-state index contributed by atoms with van der Waals surface area (Å²) in [5, 5.41) is 3.39. The van der Waals surface area contributed by atoms with Crippen molar-refractivity contribution in [2.45, 2.75) is 19.4 Å². The van der Waals surface area contributed by atoms with Gasteiger partial charge in [0.25, 0.3) is 0 Å². The van der Waals surface area contributed by atoms with Gasteiger partial charge in [0.2, 0.25) is 0 Å². The maximum absolute atomic E-state index is 13.4. The Hall–Kier alpha value is -1.13. The Labute approximate surface area is 107 Å². The lowest BCUT2D eigenvalue weighted by molar-refractivity contribution is 0.159. The third-order valence-electron chi connectivity index (χ3n) is 3.26. The normalized spacial score (nSPS) is 20.9. The molecule has 1 saturated heterocycles. The van der Waals surface area contributed by atoms with Gasteiger partial charge in [-0.25, -0.2) is 4.39 Å². The van der Waals surface area contributed by atoms with E-state index in [1.807, 2.05) is 0 Å². The van der Waals surface area contributed by atoms with Crippen LogP contribution in [0.5, 0.6) is 5.75 Å². The van der Waals surface area contributed by atoms with E-state index in [0.717, 1.165) is 26.2 Å². The van der Waals surface area contributed by atoms with Crippen LogP contribution in [0.1, 0.15) is 13.3 Å². The molecule has 1 aliphatic rings.